The summed E-state index contributed by atoms with van der Waals surface area (Å²) in [5.74, 6) is 0.847. The van der Waals surface area contributed by atoms with E-state index in [-0.39, 0.29) is 24.7 Å². The number of morpholine rings is 1. The summed E-state index contributed by atoms with van der Waals surface area (Å²) >= 11 is 0. The third-order valence-corrected chi connectivity index (χ3v) is 8.06. The zero-order valence-electron chi connectivity index (χ0n) is 25.4. The normalized spacial score (nSPS) is 22.6. The molecule has 1 aromatic carbocycles. The second-order valence-corrected chi connectivity index (χ2v) is 12.6. The maximum absolute atomic E-state index is 13.1. The van der Waals surface area contributed by atoms with E-state index in [2.05, 4.69) is 28.2 Å². The van der Waals surface area contributed by atoms with Gasteiger partial charge < -0.3 is 29.4 Å². The third-order valence-electron chi connectivity index (χ3n) is 8.06. The fourth-order valence-electron chi connectivity index (χ4n) is 5.95. The van der Waals surface area contributed by atoms with Crippen molar-refractivity contribution in [2.45, 2.75) is 70.3 Å². The highest BCUT2D eigenvalue weighted by atomic mass is 16.6. The van der Waals surface area contributed by atoms with Gasteiger partial charge in [-0.1, -0.05) is 0 Å². The summed E-state index contributed by atoms with van der Waals surface area (Å²) in [4.78, 5) is 35.6. The number of pyridine rings is 2. The molecule has 0 bridgehead atoms. The molecule has 0 saturated carbocycles. The maximum atomic E-state index is 13.1. The maximum Gasteiger partial charge on any atom is 0.335 e. The smallest absolute Gasteiger partial charge is 0.335 e. The molecule has 5 heterocycles. The highest BCUT2D eigenvalue weighted by molar-refractivity contribution is 5.92. The first kappa shape index (κ1) is 29.6. The van der Waals surface area contributed by atoms with E-state index in [1.54, 1.807) is 16.9 Å². The molecule has 44 heavy (non-hydrogen) atoms. The van der Waals surface area contributed by atoms with Gasteiger partial charge in [-0.05, 0) is 76.9 Å². The molecule has 2 aliphatic rings. The lowest BCUT2D eigenvalue weighted by Crippen LogP contribution is -2.47. The number of nitrogens with zero attached hydrogens (tertiary/aromatic N) is 5. The molecule has 2 aliphatic heterocycles. The van der Waals surface area contributed by atoms with Crippen molar-refractivity contribution >= 4 is 45.1 Å². The Labute approximate surface area is 254 Å². The summed E-state index contributed by atoms with van der Waals surface area (Å²) in [6.07, 6.45) is 1.87. The summed E-state index contributed by atoms with van der Waals surface area (Å²) in [7, 11) is 0. The van der Waals surface area contributed by atoms with Crippen LogP contribution in [0.3, 0.4) is 0 Å². The molecule has 12 nitrogen and oxygen atoms in total. The van der Waals surface area contributed by atoms with Gasteiger partial charge in [0.05, 0.1) is 48.4 Å². The van der Waals surface area contributed by atoms with Crippen LogP contribution in [0.1, 0.15) is 47.0 Å². The standard InChI is InChI=1S/C32H37N7O5/c1-20-18-38(15-16-42-20)26-8-5-21-17-22(6-7-23(21)36-26)35-28-27-24(10-14-34-29(27)40)39(37-28)32(12-13-33)11-9-25(43-19-32)30(41)44-31(2,3)4/h5-8,10,14,17,20,25H,9,11-12,15-16,18-19H2,1-4H3,(H,34,40)(H,35,37)/t20?,25-,32-/m0/s1. The minimum Gasteiger partial charge on any atom is -0.458 e. The number of carbonyl (C=O) groups is 1. The number of benzene rings is 1. The number of carbonyl (C=O) groups excluding carboxylic acids is 1. The molecule has 0 aliphatic carbocycles. The second-order valence-electron chi connectivity index (χ2n) is 12.6. The predicted octanol–water partition coefficient (Wildman–Crippen LogP) is 4.37. The van der Waals surface area contributed by atoms with E-state index in [0.717, 1.165) is 35.5 Å². The first-order valence-corrected chi connectivity index (χ1v) is 14.9. The number of esters is 1. The van der Waals surface area contributed by atoms with E-state index < -0.39 is 23.2 Å². The van der Waals surface area contributed by atoms with E-state index in [1.807, 2.05) is 51.1 Å². The molecule has 2 fully saturated rings. The van der Waals surface area contributed by atoms with Gasteiger partial charge in [0.2, 0.25) is 0 Å². The number of hydrogen-bond acceptors (Lipinski definition) is 10. The molecule has 4 aromatic rings. The fraction of sp³-hybridized carbons (Fsp3) is 0.469. The van der Waals surface area contributed by atoms with Gasteiger partial charge >= 0.3 is 5.97 Å². The summed E-state index contributed by atoms with van der Waals surface area (Å²) in [5, 5.41) is 19.3. The van der Waals surface area contributed by atoms with Crippen molar-refractivity contribution in [1.82, 2.24) is 19.7 Å². The number of nitrogens with one attached hydrogen (secondary N) is 2. The van der Waals surface area contributed by atoms with Crippen LogP contribution in [0.2, 0.25) is 0 Å². The van der Waals surface area contributed by atoms with Crippen molar-refractivity contribution in [3.05, 3.63) is 52.9 Å². The second kappa shape index (κ2) is 11.6. The first-order chi connectivity index (χ1) is 21.0. The summed E-state index contributed by atoms with van der Waals surface area (Å²) in [5.41, 5.74) is 0.341. The molecule has 12 heteroatoms. The molecule has 6 rings (SSSR count). The lowest BCUT2D eigenvalue weighted by Gasteiger charge is -2.39. The average Bonchev–Trinajstić information content (AvgIpc) is 3.36. The summed E-state index contributed by atoms with van der Waals surface area (Å²) < 4.78 is 18.9. The van der Waals surface area contributed by atoms with E-state index >= 15 is 0 Å². The molecule has 0 radical (unpaired) electrons. The Morgan fingerprint density at radius 2 is 2.09 bits per heavy atom. The number of aromatic amines is 1. The Morgan fingerprint density at radius 3 is 2.82 bits per heavy atom. The van der Waals surface area contributed by atoms with Gasteiger partial charge in [-0.2, -0.15) is 10.4 Å². The van der Waals surface area contributed by atoms with Crippen LogP contribution in [0.5, 0.6) is 0 Å². The van der Waals surface area contributed by atoms with Gasteiger partial charge in [-0.15, -0.1) is 0 Å². The van der Waals surface area contributed by atoms with E-state index in [1.165, 1.54) is 0 Å². The Hall–Kier alpha value is -4.47. The van der Waals surface area contributed by atoms with E-state index in [4.69, 9.17) is 24.3 Å². The SMILES string of the molecule is CC1CN(c2ccc3cc(Nc4nn([C@]5(CC#N)CC[C@@H](C(=O)OC(C)(C)C)OC5)c5cc[nH]c(=O)c45)ccc3n2)CCO1. The molecule has 1 unspecified atom stereocenters. The number of fused-ring (bicyclic) bond motifs is 2. The van der Waals surface area contributed by atoms with E-state index in [0.29, 0.717) is 36.2 Å². The molecule has 2 N–H and O–H groups in total. The van der Waals surface area contributed by atoms with Gasteiger partial charge in [0.25, 0.3) is 5.56 Å². The van der Waals surface area contributed by atoms with Crippen LogP contribution in [0, 0.1) is 11.3 Å². The Morgan fingerprint density at radius 1 is 1.25 bits per heavy atom. The highest BCUT2D eigenvalue weighted by Gasteiger charge is 2.43. The molecule has 0 spiro atoms. The average molecular weight is 600 g/mol. The van der Waals surface area contributed by atoms with Gasteiger partial charge in [0.1, 0.15) is 16.8 Å². The first-order valence-electron chi connectivity index (χ1n) is 14.9. The Bertz CT molecular complexity index is 1790. The molecule has 2 saturated heterocycles. The minimum absolute atomic E-state index is 0.0688. The fourth-order valence-corrected chi connectivity index (χ4v) is 5.95. The molecule has 3 aromatic heterocycles. The van der Waals surface area contributed by atoms with Crippen LogP contribution in [-0.2, 0) is 24.5 Å². The number of hydrogen-bond donors (Lipinski definition) is 2. The minimum atomic E-state index is -0.875. The largest absolute Gasteiger partial charge is 0.458 e. The van der Waals surface area contributed by atoms with Crippen molar-refractivity contribution in [1.29, 1.82) is 5.26 Å². The van der Waals surface area contributed by atoms with Gasteiger partial charge in [-0.3, -0.25) is 9.48 Å². The lowest BCUT2D eigenvalue weighted by atomic mass is 9.87. The van der Waals surface area contributed by atoms with Crippen LogP contribution in [-0.4, -0.2) is 69.8 Å². The number of anilines is 3. The number of ether oxygens (including phenoxy) is 3. The van der Waals surface area contributed by atoms with Gasteiger partial charge in [0.15, 0.2) is 11.9 Å². The van der Waals surface area contributed by atoms with Crippen molar-refractivity contribution in [3.8, 4) is 6.07 Å². The number of rotatable bonds is 6. The number of nitriles is 1. The van der Waals surface area contributed by atoms with Crippen molar-refractivity contribution < 1.29 is 19.0 Å². The molecule has 0 amide bonds. The number of aromatic nitrogens is 4. The Balaban J connectivity index is 1.30. The monoisotopic (exact) mass is 599 g/mol. The van der Waals surface area contributed by atoms with Crippen LogP contribution in [0.25, 0.3) is 21.8 Å². The quantitative estimate of drug-likeness (QED) is 0.306. The van der Waals surface area contributed by atoms with Crippen LogP contribution in [0.4, 0.5) is 17.3 Å². The highest BCUT2D eigenvalue weighted by Crippen LogP contribution is 2.38. The molecule has 3 atom stereocenters. The molecule has 230 valence electrons. The number of H-pyrrole nitrogens is 1. The van der Waals surface area contributed by atoms with Crippen LogP contribution in [0.15, 0.2) is 47.4 Å². The van der Waals surface area contributed by atoms with Crippen LogP contribution < -0.4 is 15.8 Å². The molecular formula is C32H37N7O5. The van der Waals surface area contributed by atoms with Crippen LogP contribution >= 0.6 is 0 Å². The predicted molar refractivity (Wildman–Crippen MR) is 166 cm³/mol. The van der Waals surface area contributed by atoms with E-state index in [9.17, 15) is 14.9 Å². The topological polar surface area (TPSA) is 147 Å². The zero-order valence-corrected chi connectivity index (χ0v) is 25.4. The van der Waals surface area contributed by atoms with Gasteiger partial charge in [0, 0.05) is 30.4 Å². The lowest BCUT2D eigenvalue weighted by molar-refractivity contribution is -0.176. The van der Waals surface area contributed by atoms with Crippen molar-refractivity contribution in [3.63, 3.8) is 0 Å². The third kappa shape index (κ3) is 5.85. The summed E-state index contributed by atoms with van der Waals surface area (Å²) in [6, 6.07) is 13.9. The molecular weight excluding hydrogens is 562 g/mol. The van der Waals surface area contributed by atoms with Crippen molar-refractivity contribution in [2.75, 3.05) is 36.5 Å². The Kier molecular flexibility index (Phi) is 7.77. The van der Waals surface area contributed by atoms with Crippen molar-refractivity contribution in [2.24, 2.45) is 0 Å². The summed E-state index contributed by atoms with van der Waals surface area (Å²) in [6.45, 7) is 9.83. The zero-order chi connectivity index (χ0) is 31.1. The van der Waals surface area contributed by atoms with Gasteiger partial charge in [-0.25, -0.2) is 9.78 Å².